The summed E-state index contributed by atoms with van der Waals surface area (Å²) < 4.78 is 11.4. The fourth-order valence-electron chi connectivity index (χ4n) is 2.89. The molecule has 1 saturated heterocycles. The van der Waals surface area contributed by atoms with Crippen molar-refractivity contribution in [3.05, 3.63) is 59.7 Å². The zero-order valence-corrected chi connectivity index (χ0v) is 14.3. The third-order valence-corrected chi connectivity index (χ3v) is 4.14. The largest absolute Gasteiger partial charge is 0.493 e. The molecule has 4 heteroatoms. The van der Waals surface area contributed by atoms with Crippen molar-refractivity contribution >= 4 is 12.4 Å². The maximum Gasteiger partial charge on any atom is 0.161 e. The molecule has 1 aliphatic rings. The summed E-state index contributed by atoms with van der Waals surface area (Å²) in [5.74, 6) is 1.60. The van der Waals surface area contributed by atoms with E-state index in [2.05, 4.69) is 29.6 Å². The van der Waals surface area contributed by atoms with E-state index >= 15 is 0 Å². The Labute approximate surface area is 144 Å². The molecule has 0 saturated carbocycles. The van der Waals surface area contributed by atoms with Gasteiger partial charge in [-0.3, -0.25) is 0 Å². The van der Waals surface area contributed by atoms with Crippen molar-refractivity contribution in [2.24, 2.45) is 0 Å². The molecule has 124 valence electrons. The van der Waals surface area contributed by atoms with Crippen molar-refractivity contribution in [3.63, 3.8) is 0 Å². The second kappa shape index (κ2) is 8.80. The Hall–Kier alpha value is -1.71. The van der Waals surface area contributed by atoms with E-state index in [1.807, 2.05) is 24.3 Å². The predicted molar refractivity (Wildman–Crippen MR) is 95.6 cm³/mol. The van der Waals surface area contributed by atoms with Crippen molar-refractivity contribution in [1.82, 2.24) is 5.32 Å². The van der Waals surface area contributed by atoms with Gasteiger partial charge in [-0.25, -0.2) is 0 Å². The second-order valence-corrected chi connectivity index (χ2v) is 5.69. The van der Waals surface area contributed by atoms with E-state index in [0.717, 1.165) is 23.6 Å². The minimum Gasteiger partial charge on any atom is -0.493 e. The van der Waals surface area contributed by atoms with Crippen LogP contribution in [0.1, 0.15) is 36.4 Å². The Kier molecular flexibility index (Phi) is 6.75. The minimum atomic E-state index is 0. The molecule has 3 rings (SSSR count). The van der Waals surface area contributed by atoms with Gasteiger partial charge in [0.05, 0.1) is 7.11 Å². The Morgan fingerprint density at radius 3 is 2.57 bits per heavy atom. The van der Waals surface area contributed by atoms with Crippen LogP contribution >= 0.6 is 12.4 Å². The summed E-state index contributed by atoms with van der Waals surface area (Å²) >= 11 is 0. The van der Waals surface area contributed by atoms with E-state index in [1.165, 1.54) is 24.8 Å². The molecule has 0 unspecified atom stereocenters. The first-order valence-electron chi connectivity index (χ1n) is 7.95. The number of rotatable bonds is 5. The normalized spacial score (nSPS) is 17.2. The zero-order chi connectivity index (χ0) is 15.2. The number of hydrogen-bond donors (Lipinski definition) is 1. The molecular formula is C19H24ClNO2. The van der Waals surface area contributed by atoms with Crippen LogP contribution < -0.4 is 14.8 Å². The van der Waals surface area contributed by atoms with Crippen molar-refractivity contribution in [3.8, 4) is 11.5 Å². The smallest absolute Gasteiger partial charge is 0.161 e. The Balaban J connectivity index is 0.00000192. The third-order valence-electron chi connectivity index (χ3n) is 4.14. The van der Waals surface area contributed by atoms with Crippen LogP contribution in [-0.4, -0.2) is 13.7 Å². The summed E-state index contributed by atoms with van der Waals surface area (Å²) in [5.41, 5.74) is 2.44. The molecule has 0 aromatic heterocycles. The molecule has 3 nitrogen and oxygen atoms in total. The lowest BCUT2D eigenvalue weighted by molar-refractivity contribution is 0.283. The molecule has 1 atom stereocenters. The lowest BCUT2D eigenvalue weighted by Gasteiger charge is -2.24. The van der Waals surface area contributed by atoms with Crippen molar-refractivity contribution in [2.45, 2.75) is 31.9 Å². The van der Waals surface area contributed by atoms with E-state index in [1.54, 1.807) is 7.11 Å². The van der Waals surface area contributed by atoms with Crippen LogP contribution in [0, 0.1) is 0 Å². The van der Waals surface area contributed by atoms with Gasteiger partial charge in [-0.2, -0.15) is 0 Å². The molecule has 23 heavy (non-hydrogen) atoms. The van der Waals surface area contributed by atoms with E-state index in [-0.39, 0.29) is 12.4 Å². The summed E-state index contributed by atoms with van der Waals surface area (Å²) in [4.78, 5) is 0. The lowest BCUT2D eigenvalue weighted by Crippen LogP contribution is -2.26. The van der Waals surface area contributed by atoms with Gasteiger partial charge in [0, 0.05) is 6.04 Å². The molecule has 0 bridgehead atoms. The summed E-state index contributed by atoms with van der Waals surface area (Å²) in [6.45, 7) is 1.65. The standard InChI is InChI=1S/C19H23NO2.ClH/c1-21-18-11-10-16(17-9-5-6-12-20-17)13-19(18)22-14-15-7-3-2-4-8-15;/h2-4,7-8,10-11,13,17,20H,5-6,9,12,14H2,1H3;1H/t17-;/m0./s1. The highest BCUT2D eigenvalue weighted by Crippen LogP contribution is 2.33. The van der Waals surface area contributed by atoms with Gasteiger partial charge >= 0.3 is 0 Å². The topological polar surface area (TPSA) is 30.5 Å². The maximum absolute atomic E-state index is 5.99. The van der Waals surface area contributed by atoms with Crippen LogP contribution in [0.4, 0.5) is 0 Å². The number of halogens is 1. The molecule has 0 radical (unpaired) electrons. The molecule has 1 aliphatic heterocycles. The molecule has 0 amide bonds. The summed E-state index contributed by atoms with van der Waals surface area (Å²) in [6.07, 6.45) is 3.73. The fourth-order valence-corrected chi connectivity index (χ4v) is 2.89. The SMILES string of the molecule is COc1ccc([C@@H]2CCCCN2)cc1OCc1ccccc1.Cl. The predicted octanol–water partition coefficient (Wildman–Crippen LogP) is 4.51. The minimum absolute atomic E-state index is 0. The van der Waals surface area contributed by atoms with Crippen LogP contribution in [0.2, 0.25) is 0 Å². The van der Waals surface area contributed by atoms with Crippen molar-refractivity contribution in [1.29, 1.82) is 0 Å². The highest BCUT2D eigenvalue weighted by atomic mass is 35.5. The van der Waals surface area contributed by atoms with Gasteiger partial charge in [-0.05, 0) is 42.6 Å². The number of nitrogens with one attached hydrogen (secondary N) is 1. The van der Waals surface area contributed by atoms with Crippen LogP contribution in [0.5, 0.6) is 11.5 Å². The highest BCUT2D eigenvalue weighted by molar-refractivity contribution is 5.85. The highest BCUT2D eigenvalue weighted by Gasteiger charge is 2.16. The number of ether oxygens (including phenoxy) is 2. The second-order valence-electron chi connectivity index (χ2n) is 5.69. The molecule has 2 aromatic carbocycles. The molecule has 1 fully saturated rings. The summed E-state index contributed by atoms with van der Waals surface area (Å²) in [7, 11) is 1.68. The molecule has 1 N–H and O–H groups in total. The van der Waals surface area contributed by atoms with E-state index in [9.17, 15) is 0 Å². The summed E-state index contributed by atoms with van der Waals surface area (Å²) in [6, 6.07) is 16.9. The molecule has 0 spiro atoms. The lowest BCUT2D eigenvalue weighted by atomic mass is 9.97. The van der Waals surface area contributed by atoms with Gasteiger partial charge in [0.15, 0.2) is 11.5 Å². The number of piperidine rings is 1. The Morgan fingerprint density at radius 1 is 1.04 bits per heavy atom. The van der Waals surface area contributed by atoms with Crippen LogP contribution in [-0.2, 0) is 6.61 Å². The first-order chi connectivity index (χ1) is 10.9. The first kappa shape index (κ1) is 17.6. The van der Waals surface area contributed by atoms with Crippen molar-refractivity contribution in [2.75, 3.05) is 13.7 Å². The molecule has 1 heterocycles. The van der Waals surface area contributed by atoms with Gasteiger partial charge in [0.2, 0.25) is 0 Å². The molecular weight excluding hydrogens is 310 g/mol. The molecule has 0 aliphatic carbocycles. The Bertz CT molecular complexity index is 598. The number of methoxy groups -OCH3 is 1. The number of benzene rings is 2. The number of hydrogen-bond acceptors (Lipinski definition) is 3. The average molecular weight is 334 g/mol. The maximum atomic E-state index is 5.99. The van der Waals surface area contributed by atoms with E-state index < -0.39 is 0 Å². The quantitative estimate of drug-likeness (QED) is 0.873. The molecule has 2 aromatic rings. The zero-order valence-electron chi connectivity index (χ0n) is 13.5. The van der Waals surface area contributed by atoms with E-state index in [4.69, 9.17) is 9.47 Å². The van der Waals surface area contributed by atoms with Gasteiger partial charge in [0.25, 0.3) is 0 Å². The fraction of sp³-hybridized carbons (Fsp3) is 0.368. The van der Waals surface area contributed by atoms with Crippen molar-refractivity contribution < 1.29 is 9.47 Å². The third kappa shape index (κ3) is 4.63. The van der Waals surface area contributed by atoms with Gasteiger partial charge in [-0.15, -0.1) is 12.4 Å². The van der Waals surface area contributed by atoms with Gasteiger partial charge in [0.1, 0.15) is 6.61 Å². The first-order valence-corrected chi connectivity index (χ1v) is 7.95. The van der Waals surface area contributed by atoms with Crippen LogP contribution in [0.3, 0.4) is 0 Å². The van der Waals surface area contributed by atoms with Gasteiger partial charge in [-0.1, -0.05) is 42.8 Å². The summed E-state index contributed by atoms with van der Waals surface area (Å²) in [5, 5.41) is 3.58. The average Bonchev–Trinajstić information content (AvgIpc) is 2.61. The monoisotopic (exact) mass is 333 g/mol. The Morgan fingerprint density at radius 2 is 1.87 bits per heavy atom. The van der Waals surface area contributed by atoms with Gasteiger partial charge < -0.3 is 14.8 Å². The van der Waals surface area contributed by atoms with Crippen LogP contribution in [0.15, 0.2) is 48.5 Å². The van der Waals surface area contributed by atoms with E-state index in [0.29, 0.717) is 12.6 Å². The van der Waals surface area contributed by atoms with Crippen LogP contribution in [0.25, 0.3) is 0 Å².